The van der Waals surface area contributed by atoms with Crippen molar-refractivity contribution in [2.45, 2.75) is 64.6 Å². The van der Waals surface area contributed by atoms with E-state index in [-0.39, 0.29) is 5.54 Å². The summed E-state index contributed by atoms with van der Waals surface area (Å²) in [6.45, 7) is 10.5. The molecule has 2 atom stereocenters. The van der Waals surface area contributed by atoms with Gasteiger partial charge in [0.25, 0.3) is 0 Å². The normalized spacial score (nSPS) is 18.3. The molecule has 0 aliphatic carbocycles. The highest BCUT2D eigenvalue weighted by atomic mass is 15.2. The van der Waals surface area contributed by atoms with Gasteiger partial charge in [-0.3, -0.25) is 4.90 Å². The minimum absolute atomic E-state index is 0.158. The fourth-order valence-electron chi connectivity index (χ4n) is 1.64. The van der Waals surface area contributed by atoms with Crippen LogP contribution in [-0.2, 0) is 0 Å². The van der Waals surface area contributed by atoms with Gasteiger partial charge in [0.2, 0.25) is 0 Å². The topological polar surface area (TPSA) is 53.0 Å². The van der Waals surface area contributed by atoms with E-state index in [4.69, 9.17) is 11.0 Å². The number of nitrogens with zero attached hydrogens (tertiary/aromatic N) is 2. The molecule has 0 fully saturated rings. The average Bonchev–Trinajstić information content (AvgIpc) is 2.16. The van der Waals surface area contributed by atoms with E-state index in [1.807, 2.05) is 0 Å². The monoisotopic (exact) mass is 211 g/mol. The number of nitriles is 1. The molecule has 0 aromatic rings. The van der Waals surface area contributed by atoms with Crippen LogP contribution in [0, 0.1) is 11.3 Å². The fraction of sp³-hybridized carbons (Fsp3) is 0.917. The molecule has 0 aliphatic heterocycles. The summed E-state index contributed by atoms with van der Waals surface area (Å²) in [4.78, 5) is 2.30. The Kier molecular flexibility index (Phi) is 4.76. The van der Waals surface area contributed by atoms with Crippen molar-refractivity contribution in [2.75, 3.05) is 7.05 Å². The summed E-state index contributed by atoms with van der Waals surface area (Å²) in [5, 5.41) is 8.89. The first-order valence-electron chi connectivity index (χ1n) is 5.59. The van der Waals surface area contributed by atoms with Gasteiger partial charge < -0.3 is 5.73 Å². The van der Waals surface area contributed by atoms with Crippen molar-refractivity contribution in [1.29, 1.82) is 5.26 Å². The zero-order chi connectivity index (χ0) is 12.3. The van der Waals surface area contributed by atoms with Crippen molar-refractivity contribution < 1.29 is 0 Å². The molecule has 0 aromatic heterocycles. The minimum Gasteiger partial charge on any atom is -0.314 e. The Balaban J connectivity index is 4.48. The second-order valence-corrected chi connectivity index (χ2v) is 5.36. The molecule has 0 aromatic carbocycles. The van der Waals surface area contributed by atoms with Crippen LogP contribution in [0.25, 0.3) is 0 Å². The molecule has 0 radical (unpaired) electrons. The van der Waals surface area contributed by atoms with E-state index in [0.717, 1.165) is 6.42 Å². The third kappa shape index (κ3) is 4.19. The van der Waals surface area contributed by atoms with Crippen molar-refractivity contribution in [3.63, 3.8) is 0 Å². The zero-order valence-electron chi connectivity index (χ0n) is 11.0. The van der Waals surface area contributed by atoms with Gasteiger partial charge in [0.15, 0.2) is 0 Å². The largest absolute Gasteiger partial charge is 0.314 e. The van der Waals surface area contributed by atoms with Crippen LogP contribution in [0.3, 0.4) is 0 Å². The van der Waals surface area contributed by atoms with Gasteiger partial charge in [-0.1, -0.05) is 6.92 Å². The van der Waals surface area contributed by atoms with Crippen molar-refractivity contribution in [1.82, 2.24) is 4.90 Å². The smallest absolute Gasteiger partial charge is 0.102 e. The number of hydrogen-bond acceptors (Lipinski definition) is 3. The molecule has 0 bridgehead atoms. The van der Waals surface area contributed by atoms with E-state index in [0.29, 0.717) is 12.5 Å². The van der Waals surface area contributed by atoms with E-state index < -0.39 is 5.54 Å². The molecular weight excluding hydrogens is 186 g/mol. The van der Waals surface area contributed by atoms with Gasteiger partial charge in [-0.15, -0.1) is 0 Å². The molecule has 15 heavy (non-hydrogen) atoms. The van der Waals surface area contributed by atoms with E-state index in [9.17, 15) is 0 Å². The Morgan fingerprint density at radius 3 is 2.20 bits per heavy atom. The van der Waals surface area contributed by atoms with Crippen LogP contribution in [0.4, 0.5) is 0 Å². The molecule has 88 valence electrons. The summed E-state index contributed by atoms with van der Waals surface area (Å²) in [5.41, 5.74) is 5.28. The zero-order valence-corrected chi connectivity index (χ0v) is 11.0. The molecule has 0 rings (SSSR count). The average molecular weight is 211 g/mol. The van der Waals surface area contributed by atoms with Crippen LogP contribution in [0.2, 0.25) is 0 Å². The molecule has 3 nitrogen and oxygen atoms in total. The lowest BCUT2D eigenvalue weighted by atomic mass is 9.91. The van der Waals surface area contributed by atoms with Gasteiger partial charge >= 0.3 is 0 Å². The highest BCUT2D eigenvalue weighted by Gasteiger charge is 2.29. The summed E-state index contributed by atoms with van der Waals surface area (Å²) in [5.74, 6) is 0. The van der Waals surface area contributed by atoms with Gasteiger partial charge in [-0.25, -0.2) is 0 Å². The molecule has 0 spiro atoms. The van der Waals surface area contributed by atoms with Crippen LogP contribution in [-0.4, -0.2) is 29.1 Å². The van der Waals surface area contributed by atoms with Crippen LogP contribution in [0.1, 0.15) is 47.5 Å². The lowest BCUT2D eigenvalue weighted by molar-refractivity contribution is 0.0936. The van der Waals surface area contributed by atoms with Crippen LogP contribution >= 0.6 is 0 Å². The molecule has 2 unspecified atom stereocenters. The lowest BCUT2D eigenvalue weighted by Gasteiger charge is -2.40. The van der Waals surface area contributed by atoms with Gasteiger partial charge in [-0.05, 0) is 47.6 Å². The van der Waals surface area contributed by atoms with E-state index in [2.05, 4.69) is 45.7 Å². The molecule has 0 heterocycles. The lowest BCUT2D eigenvalue weighted by Crippen LogP contribution is -2.50. The highest BCUT2D eigenvalue weighted by molar-refractivity contribution is 5.03. The molecule has 0 saturated heterocycles. The Hall–Kier alpha value is -0.590. The summed E-state index contributed by atoms with van der Waals surface area (Å²) >= 11 is 0. The predicted molar refractivity (Wildman–Crippen MR) is 64.4 cm³/mol. The standard InChI is InChI=1S/C12H25N3/c1-7-11(3,4)15(6)10(2)8-12(5,14)9-13/h10H,7-8,14H2,1-6H3. The van der Waals surface area contributed by atoms with Crippen LogP contribution in [0.15, 0.2) is 0 Å². The second kappa shape index (κ2) is 4.96. The summed E-state index contributed by atoms with van der Waals surface area (Å²) < 4.78 is 0. The van der Waals surface area contributed by atoms with Crippen molar-refractivity contribution >= 4 is 0 Å². The minimum atomic E-state index is -0.725. The molecule has 2 N–H and O–H groups in total. The second-order valence-electron chi connectivity index (χ2n) is 5.36. The maximum atomic E-state index is 8.89. The third-order valence-electron chi connectivity index (χ3n) is 3.46. The summed E-state index contributed by atoms with van der Waals surface area (Å²) in [6.07, 6.45) is 1.78. The Morgan fingerprint density at radius 2 is 1.87 bits per heavy atom. The maximum absolute atomic E-state index is 8.89. The summed E-state index contributed by atoms with van der Waals surface area (Å²) in [6, 6.07) is 2.46. The van der Waals surface area contributed by atoms with Gasteiger partial charge in [0, 0.05) is 11.6 Å². The molecule has 0 amide bonds. The summed E-state index contributed by atoms with van der Waals surface area (Å²) in [7, 11) is 2.10. The number of nitrogens with two attached hydrogens (primary N) is 1. The Morgan fingerprint density at radius 1 is 1.40 bits per heavy atom. The number of hydrogen-bond donors (Lipinski definition) is 1. The van der Waals surface area contributed by atoms with E-state index in [1.165, 1.54) is 0 Å². The van der Waals surface area contributed by atoms with E-state index >= 15 is 0 Å². The molecule has 0 saturated carbocycles. The Labute approximate surface area is 94.2 Å². The molecule has 3 heteroatoms. The third-order valence-corrected chi connectivity index (χ3v) is 3.46. The van der Waals surface area contributed by atoms with E-state index in [1.54, 1.807) is 6.92 Å². The van der Waals surface area contributed by atoms with Crippen molar-refractivity contribution in [3.05, 3.63) is 0 Å². The molecular formula is C12H25N3. The van der Waals surface area contributed by atoms with Crippen molar-refractivity contribution in [3.8, 4) is 6.07 Å². The molecule has 0 aliphatic rings. The first-order chi connectivity index (χ1) is 6.66. The van der Waals surface area contributed by atoms with Gasteiger partial charge in [0.05, 0.1) is 6.07 Å². The van der Waals surface area contributed by atoms with Gasteiger partial charge in [0.1, 0.15) is 5.54 Å². The highest BCUT2D eigenvalue weighted by Crippen LogP contribution is 2.22. The Bertz CT molecular complexity index is 238. The van der Waals surface area contributed by atoms with Crippen LogP contribution in [0.5, 0.6) is 0 Å². The number of rotatable bonds is 5. The first-order valence-corrected chi connectivity index (χ1v) is 5.59. The predicted octanol–water partition coefficient (Wildman–Crippen LogP) is 2.13. The quantitative estimate of drug-likeness (QED) is 0.758. The fourth-order valence-corrected chi connectivity index (χ4v) is 1.64. The maximum Gasteiger partial charge on any atom is 0.102 e. The van der Waals surface area contributed by atoms with Gasteiger partial charge in [-0.2, -0.15) is 5.26 Å². The van der Waals surface area contributed by atoms with Crippen molar-refractivity contribution in [2.24, 2.45) is 5.73 Å². The SMILES string of the molecule is CCC(C)(C)N(C)C(C)CC(C)(N)C#N. The first kappa shape index (κ1) is 14.4. The van der Waals surface area contributed by atoms with Crippen LogP contribution < -0.4 is 5.73 Å².